The lowest BCUT2D eigenvalue weighted by Crippen LogP contribution is -2.32. The van der Waals surface area contributed by atoms with Crippen molar-refractivity contribution in [1.29, 1.82) is 0 Å². The Morgan fingerprint density at radius 3 is 3.07 bits per heavy atom. The monoisotopic (exact) mass is 196 g/mol. The van der Waals surface area contributed by atoms with Crippen LogP contribution in [0.1, 0.15) is 25.3 Å². The summed E-state index contributed by atoms with van der Waals surface area (Å²) in [6.07, 6.45) is 2.01. The standard InChI is InChI=1S/C10H16N2O2/c1-7(2)9-4-11-12-5-8(13-3)6-14-10(9)12/h4,7-8H,5-6H2,1-3H3/t8-/m0/s1. The summed E-state index contributed by atoms with van der Waals surface area (Å²) in [6.45, 7) is 5.70. The van der Waals surface area contributed by atoms with Gasteiger partial charge in [-0.1, -0.05) is 13.8 Å². The lowest BCUT2D eigenvalue weighted by molar-refractivity contribution is 0.0174. The molecule has 0 amide bonds. The summed E-state index contributed by atoms with van der Waals surface area (Å²) < 4.78 is 12.7. The maximum absolute atomic E-state index is 5.63. The third-order valence-electron chi connectivity index (χ3n) is 2.56. The molecule has 4 nitrogen and oxygen atoms in total. The number of rotatable bonds is 2. The molecule has 1 aromatic rings. The molecule has 0 radical (unpaired) electrons. The Balaban J connectivity index is 2.25. The summed E-state index contributed by atoms with van der Waals surface area (Å²) in [4.78, 5) is 0. The molecule has 1 aliphatic rings. The van der Waals surface area contributed by atoms with Crippen molar-refractivity contribution in [2.24, 2.45) is 0 Å². The third-order valence-corrected chi connectivity index (χ3v) is 2.56. The zero-order chi connectivity index (χ0) is 10.1. The summed E-state index contributed by atoms with van der Waals surface area (Å²) in [7, 11) is 1.70. The van der Waals surface area contributed by atoms with Crippen LogP contribution >= 0.6 is 0 Å². The fourth-order valence-corrected chi connectivity index (χ4v) is 1.63. The molecule has 0 bridgehead atoms. The van der Waals surface area contributed by atoms with Crippen LogP contribution in [-0.4, -0.2) is 29.6 Å². The zero-order valence-corrected chi connectivity index (χ0v) is 8.86. The van der Waals surface area contributed by atoms with Gasteiger partial charge in [-0.25, -0.2) is 4.68 Å². The molecule has 0 aliphatic carbocycles. The van der Waals surface area contributed by atoms with Crippen LogP contribution in [0, 0.1) is 0 Å². The van der Waals surface area contributed by atoms with Crippen molar-refractivity contribution in [1.82, 2.24) is 9.78 Å². The molecule has 0 aromatic carbocycles. The lowest BCUT2D eigenvalue weighted by atomic mass is 10.1. The van der Waals surface area contributed by atoms with Gasteiger partial charge in [-0.2, -0.15) is 5.10 Å². The quantitative estimate of drug-likeness (QED) is 0.717. The van der Waals surface area contributed by atoms with E-state index < -0.39 is 0 Å². The molecule has 2 rings (SSSR count). The van der Waals surface area contributed by atoms with Crippen LogP contribution in [0.15, 0.2) is 6.20 Å². The molecule has 0 unspecified atom stereocenters. The highest BCUT2D eigenvalue weighted by Crippen LogP contribution is 2.28. The van der Waals surface area contributed by atoms with E-state index in [9.17, 15) is 0 Å². The van der Waals surface area contributed by atoms with Gasteiger partial charge in [0.25, 0.3) is 0 Å². The number of aromatic nitrogens is 2. The summed E-state index contributed by atoms with van der Waals surface area (Å²) in [6, 6.07) is 0. The fraction of sp³-hybridized carbons (Fsp3) is 0.700. The van der Waals surface area contributed by atoms with Gasteiger partial charge in [0, 0.05) is 12.7 Å². The molecule has 4 heteroatoms. The lowest BCUT2D eigenvalue weighted by Gasteiger charge is -2.24. The topological polar surface area (TPSA) is 36.3 Å². The van der Waals surface area contributed by atoms with Crippen molar-refractivity contribution >= 4 is 0 Å². The summed E-state index contributed by atoms with van der Waals surface area (Å²) in [5.74, 6) is 1.37. The predicted molar refractivity (Wildman–Crippen MR) is 52.6 cm³/mol. The number of methoxy groups -OCH3 is 1. The van der Waals surface area contributed by atoms with Gasteiger partial charge < -0.3 is 9.47 Å². The zero-order valence-electron chi connectivity index (χ0n) is 8.86. The number of ether oxygens (including phenoxy) is 2. The second-order valence-corrected chi connectivity index (χ2v) is 3.91. The number of hydrogen-bond donors (Lipinski definition) is 0. The van der Waals surface area contributed by atoms with Gasteiger partial charge in [0.2, 0.25) is 5.88 Å². The van der Waals surface area contributed by atoms with Gasteiger partial charge >= 0.3 is 0 Å². The van der Waals surface area contributed by atoms with Gasteiger partial charge in [0.15, 0.2) is 0 Å². The summed E-state index contributed by atoms with van der Waals surface area (Å²) in [5, 5.41) is 4.29. The molecule has 1 atom stereocenters. The molecule has 0 spiro atoms. The molecule has 78 valence electrons. The Morgan fingerprint density at radius 2 is 2.43 bits per heavy atom. The van der Waals surface area contributed by atoms with Crippen LogP contribution in [0.5, 0.6) is 5.88 Å². The molecular weight excluding hydrogens is 180 g/mol. The van der Waals surface area contributed by atoms with Crippen LogP contribution in [0.25, 0.3) is 0 Å². The molecule has 14 heavy (non-hydrogen) atoms. The minimum atomic E-state index is 0.127. The third kappa shape index (κ3) is 1.50. The van der Waals surface area contributed by atoms with E-state index in [4.69, 9.17) is 9.47 Å². The van der Waals surface area contributed by atoms with E-state index >= 15 is 0 Å². The van der Waals surface area contributed by atoms with Gasteiger partial charge in [-0.15, -0.1) is 0 Å². The molecule has 1 aromatic heterocycles. The highest BCUT2D eigenvalue weighted by molar-refractivity contribution is 5.28. The van der Waals surface area contributed by atoms with E-state index in [-0.39, 0.29) is 6.10 Å². The Morgan fingerprint density at radius 1 is 1.64 bits per heavy atom. The van der Waals surface area contributed by atoms with Crippen molar-refractivity contribution in [3.63, 3.8) is 0 Å². The van der Waals surface area contributed by atoms with Crippen molar-refractivity contribution in [3.8, 4) is 5.88 Å². The second kappa shape index (κ2) is 3.61. The highest BCUT2D eigenvalue weighted by atomic mass is 16.5. The fourth-order valence-electron chi connectivity index (χ4n) is 1.63. The van der Waals surface area contributed by atoms with Crippen LogP contribution in [0.3, 0.4) is 0 Å². The number of hydrogen-bond acceptors (Lipinski definition) is 3. The van der Waals surface area contributed by atoms with Gasteiger partial charge in [-0.3, -0.25) is 0 Å². The minimum absolute atomic E-state index is 0.127. The normalized spacial score (nSPS) is 20.7. The Hall–Kier alpha value is -1.03. The van der Waals surface area contributed by atoms with Crippen LogP contribution in [-0.2, 0) is 11.3 Å². The molecule has 0 N–H and O–H groups in total. The minimum Gasteiger partial charge on any atom is -0.475 e. The number of nitrogens with zero attached hydrogens (tertiary/aromatic N) is 2. The first kappa shape index (κ1) is 9.52. The first-order chi connectivity index (χ1) is 6.72. The Labute approximate surface area is 83.8 Å². The maximum Gasteiger partial charge on any atom is 0.215 e. The average molecular weight is 196 g/mol. The first-order valence-electron chi connectivity index (χ1n) is 4.93. The van der Waals surface area contributed by atoms with Gasteiger partial charge in [0.1, 0.15) is 12.7 Å². The second-order valence-electron chi connectivity index (χ2n) is 3.91. The largest absolute Gasteiger partial charge is 0.475 e. The van der Waals surface area contributed by atoms with Crippen LogP contribution in [0.2, 0.25) is 0 Å². The van der Waals surface area contributed by atoms with E-state index in [1.54, 1.807) is 7.11 Å². The highest BCUT2D eigenvalue weighted by Gasteiger charge is 2.23. The Kier molecular flexibility index (Phi) is 2.46. The SMILES string of the molecule is CO[C@@H]1COc2c(C(C)C)cnn2C1. The predicted octanol–water partition coefficient (Wildman–Crippen LogP) is 1.41. The van der Waals surface area contributed by atoms with Crippen molar-refractivity contribution in [3.05, 3.63) is 11.8 Å². The summed E-state index contributed by atoms with van der Waals surface area (Å²) in [5.41, 5.74) is 1.18. The molecular formula is C10H16N2O2. The molecule has 1 aliphatic heterocycles. The maximum atomic E-state index is 5.63. The first-order valence-corrected chi connectivity index (χ1v) is 4.93. The van der Waals surface area contributed by atoms with Crippen molar-refractivity contribution in [2.45, 2.75) is 32.4 Å². The Bertz CT molecular complexity index is 320. The molecule has 0 saturated carbocycles. The van der Waals surface area contributed by atoms with Crippen LogP contribution < -0.4 is 4.74 Å². The molecule has 0 saturated heterocycles. The smallest absolute Gasteiger partial charge is 0.215 e. The van der Waals surface area contributed by atoms with E-state index in [1.165, 1.54) is 5.56 Å². The van der Waals surface area contributed by atoms with Gasteiger partial charge in [0.05, 0.1) is 12.7 Å². The van der Waals surface area contributed by atoms with E-state index in [2.05, 4.69) is 18.9 Å². The van der Waals surface area contributed by atoms with E-state index in [1.807, 2.05) is 10.9 Å². The number of fused-ring (bicyclic) bond motifs is 1. The van der Waals surface area contributed by atoms with E-state index in [0.717, 1.165) is 12.4 Å². The summed E-state index contributed by atoms with van der Waals surface area (Å²) >= 11 is 0. The van der Waals surface area contributed by atoms with E-state index in [0.29, 0.717) is 12.5 Å². The van der Waals surface area contributed by atoms with Crippen LogP contribution in [0.4, 0.5) is 0 Å². The molecule has 2 heterocycles. The van der Waals surface area contributed by atoms with Crippen molar-refractivity contribution < 1.29 is 9.47 Å². The van der Waals surface area contributed by atoms with Gasteiger partial charge in [-0.05, 0) is 5.92 Å². The molecule has 0 fully saturated rings. The average Bonchev–Trinajstić information content (AvgIpc) is 2.59. The van der Waals surface area contributed by atoms with Crippen molar-refractivity contribution in [2.75, 3.05) is 13.7 Å².